The lowest BCUT2D eigenvalue weighted by molar-refractivity contribution is -0.140. The number of amides is 2. The lowest BCUT2D eigenvalue weighted by Gasteiger charge is -2.29. The fourth-order valence-corrected chi connectivity index (χ4v) is 3.44. The molecular weight excluding hydrogens is 404 g/mol. The largest absolute Gasteiger partial charge is 0.493 e. The van der Waals surface area contributed by atoms with Gasteiger partial charge in [-0.15, -0.1) is 0 Å². The van der Waals surface area contributed by atoms with Crippen LogP contribution in [0.2, 0.25) is 0 Å². The normalized spacial score (nSPS) is 11.7. The summed E-state index contributed by atoms with van der Waals surface area (Å²) < 4.78 is 10.7. The summed E-state index contributed by atoms with van der Waals surface area (Å²) >= 11 is 0. The topological polar surface area (TPSA) is 67.9 Å². The van der Waals surface area contributed by atoms with Gasteiger partial charge in [-0.1, -0.05) is 44.2 Å². The van der Waals surface area contributed by atoms with Gasteiger partial charge in [0.15, 0.2) is 11.5 Å². The second-order valence-corrected chi connectivity index (χ2v) is 8.45. The van der Waals surface area contributed by atoms with Crippen LogP contribution in [0, 0.1) is 12.8 Å². The average molecular weight is 441 g/mol. The molecule has 0 saturated heterocycles. The van der Waals surface area contributed by atoms with Crippen LogP contribution in [0.1, 0.15) is 43.9 Å². The SMILES string of the molecule is COc1ccc(CCC(=O)N(Cc2ccccc2C)[C@H](C)C(=O)NCC(C)C)cc1OC. The van der Waals surface area contributed by atoms with Crippen molar-refractivity contribution in [1.82, 2.24) is 10.2 Å². The number of carbonyl (C=O) groups excluding carboxylic acids is 2. The van der Waals surface area contributed by atoms with Crippen LogP contribution < -0.4 is 14.8 Å². The number of methoxy groups -OCH3 is 2. The first-order valence-electron chi connectivity index (χ1n) is 11.1. The Labute approximate surface area is 191 Å². The van der Waals surface area contributed by atoms with Crippen LogP contribution in [-0.2, 0) is 22.6 Å². The lowest BCUT2D eigenvalue weighted by atomic mass is 10.0. The fraction of sp³-hybridized carbons (Fsp3) is 0.462. The smallest absolute Gasteiger partial charge is 0.242 e. The molecule has 32 heavy (non-hydrogen) atoms. The Hall–Kier alpha value is -3.02. The highest BCUT2D eigenvalue weighted by Crippen LogP contribution is 2.28. The van der Waals surface area contributed by atoms with Gasteiger partial charge in [-0.3, -0.25) is 9.59 Å². The number of hydrogen-bond acceptors (Lipinski definition) is 4. The van der Waals surface area contributed by atoms with Gasteiger partial charge in [0.1, 0.15) is 6.04 Å². The second kappa shape index (κ2) is 12.1. The van der Waals surface area contributed by atoms with E-state index in [1.165, 1.54) is 0 Å². The van der Waals surface area contributed by atoms with E-state index in [-0.39, 0.29) is 11.8 Å². The van der Waals surface area contributed by atoms with Crippen molar-refractivity contribution in [1.29, 1.82) is 0 Å². The van der Waals surface area contributed by atoms with E-state index in [0.29, 0.717) is 43.3 Å². The van der Waals surface area contributed by atoms with Gasteiger partial charge < -0.3 is 19.7 Å². The number of ether oxygens (including phenoxy) is 2. The summed E-state index contributed by atoms with van der Waals surface area (Å²) in [7, 11) is 3.18. The molecule has 2 rings (SSSR count). The molecule has 6 nitrogen and oxygen atoms in total. The van der Waals surface area contributed by atoms with Crippen molar-refractivity contribution in [2.24, 2.45) is 5.92 Å². The standard InChI is InChI=1S/C26H36N2O4/c1-18(2)16-27-26(30)20(4)28(17-22-10-8-7-9-19(22)3)25(29)14-12-21-11-13-23(31-5)24(15-21)32-6/h7-11,13,15,18,20H,12,14,16-17H2,1-6H3,(H,27,30)/t20-/m1/s1. The minimum atomic E-state index is -0.564. The summed E-state index contributed by atoms with van der Waals surface area (Å²) in [6, 6.07) is 13.0. The number of rotatable bonds is 11. The van der Waals surface area contributed by atoms with E-state index in [1.807, 2.05) is 63.2 Å². The van der Waals surface area contributed by atoms with E-state index in [0.717, 1.165) is 16.7 Å². The van der Waals surface area contributed by atoms with E-state index in [4.69, 9.17) is 9.47 Å². The number of hydrogen-bond donors (Lipinski definition) is 1. The van der Waals surface area contributed by atoms with Crippen molar-refractivity contribution in [2.45, 2.75) is 53.1 Å². The first-order valence-corrected chi connectivity index (χ1v) is 11.1. The molecule has 1 atom stereocenters. The van der Waals surface area contributed by atoms with Crippen molar-refractivity contribution in [3.8, 4) is 11.5 Å². The number of benzene rings is 2. The second-order valence-electron chi connectivity index (χ2n) is 8.45. The Morgan fingerprint density at radius 3 is 2.31 bits per heavy atom. The quantitative estimate of drug-likeness (QED) is 0.570. The maximum absolute atomic E-state index is 13.3. The number of carbonyl (C=O) groups is 2. The van der Waals surface area contributed by atoms with Gasteiger partial charge in [0.25, 0.3) is 0 Å². The highest BCUT2D eigenvalue weighted by atomic mass is 16.5. The third-order valence-corrected chi connectivity index (χ3v) is 5.53. The minimum absolute atomic E-state index is 0.0600. The van der Waals surface area contributed by atoms with Crippen molar-refractivity contribution in [2.75, 3.05) is 20.8 Å². The van der Waals surface area contributed by atoms with Gasteiger partial charge in [0.05, 0.1) is 14.2 Å². The fourth-order valence-electron chi connectivity index (χ4n) is 3.44. The van der Waals surface area contributed by atoms with E-state index in [1.54, 1.807) is 26.0 Å². The predicted octanol–water partition coefficient (Wildman–Crippen LogP) is 4.13. The molecule has 0 aliphatic carbocycles. The third-order valence-electron chi connectivity index (χ3n) is 5.53. The maximum Gasteiger partial charge on any atom is 0.242 e. The molecule has 2 amide bonds. The third kappa shape index (κ3) is 7.01. The summed E-state index contributed by atoms with van der Waals surface area (Å²) in [6.45, 7) is 8.89. The summed E-state index contributed by atoms with van der Waals surface area (Å²) in [5, 5.41) is 2.96. The van der Waals surface area contributed by atoms with Crippen LogP contribution in [0.5, 0.6) is 11.5 Å². The molecule has 0 unspecified atom stereocenters. The average Bonchev–Trinajstić information content (AvgIpc) is 2.79. The summed E-state index contributed by atoms with van der Waals surface area (Å²) in [5.74, 6) is 1.44. The Balaban J connectivity index is 2.17. The molecule has 0 aliphatic rings. The molecule has 2 aromatic rings. The van der Waals surface area contributed by atoms with Crippen LogP contribution in [0.4, 0.5) is 0 Å². The van der Waals surface area contributed by atoms with Gasteiger partial charge in [-0.2, -0.15) is 0 Å². The Kier molecular flexibility index (Phi) is 9.57. The zero-order valence-electron chi connectivity index (χ0n) is 20.1. The zero-order valence-corrected chi connectivity index (χ0v) is 20.1. The Morgan fingerprint density at radius 2 is 1.69 bits per heavy atom. The van der Waals surface area contributed by atoms with Crippen LogP contribution in [-0.4, -0.2) is 43.5 Å². The molecule has 0 heterocycles. The number of aryl methyl sites for hydroxylation is 2. The molecule has 0 radical (unpaired) electrons. The molecule has 0 spiro atoms. The first kappa shape index (κ1) is 25.2. The molecule has 0 aliphatic heterocycles. The summed E-state index contributed by atoms with van der Waals surface area (Å²) in [5.41, 5.74) is 3.11. The van der Waals surface area contributed by atoms with E-state index < -0.39 is 6.04 Å². The van der Waals surface area contributed by atoms with E-state index >= 15 is 0 Å². The maximum atomic E-state index is 13.3. The highest BCUT2D eigenvalue weighted by Gasteiger charge is 2.26. The van der Waals surface area contributed by atoms with Gasteiger partial charge in [-0.05, 0) is 55.0 Å². The van der Waals surface area contributed by atoms with Crippen LogP contribution in [0.25, 0.3) is 0 Å². The predicted molar refractivity (Wildman–Crippen MR) is 127 cm³/mol. The number of nitrogens with one attached hydrogen (secondary N) is 1. The van der Waals surface area contributed by atoms with Crippen LogP contribution in [0.3, 0.4) is 0 Å². The van der Waals surface area contributed by atoms with Crippen LogP contribution in [0.15, 0.2) is 42.5 Å². The summed E-state index contributed by atoms with van der Waals surface area (Å²) in [4.78, 5) is 27.7. The molecule has 0 bridgehead atoms. The Morgan fingerprint density at radius 1 is 1.00 bits per heavy atom. The van der Waals surface area contributed by atoms with Crippen molar-refractivity contribution >= 4 is 11.8 Å². The van der Waals surface area contributed by atoms with Crippen molar-refractivity contribution in [3.63, 3.8) is 0 Å². The first-order chi connectivity index (χ1) is 15.3. The van der Waals surface area contributed by atoms with E-state index in [2.05, 4.69) is 5.32 Å². The van der Waals surface area contributed by atoms with Gasteiger partial charge >= 0.3 is 0 Å². The molecule has 6 heteroatoms. The molecular formula is C26H36N2O4. The van der Waals surface area contributed by atoms with E-state index in [9.17, 15) is 9.59 Å². The summed E-state index contributed by atoms with van der Waals surface area (Å²) in [6.07, 6.45) is 0.840. The van der Waals surface area contributed by atoms with Gasteiger partial charge in [-0.25, -0.2) is 0 Å². The van der Waals surface area contributed by atoms with Crippen molar-refractivity contribution in [3.05, 3.63) is 59.2 Å². The molecule has 1 N–H and O–H groups in total. The van der Waals surface area contributed by atoms with Crippen molar-refractivity contribution < 1.29 is 19.1 Å². The monoisotopic (exact) mass is 440 g/mol. The molecule has 174 valence electrons. The minimum Gasteiger partial charge on any atom is -0.493 e. The zero-order chi connectivity index (χ0) is 23.7. The lowest BCUT2D eigenvalue weighted by Crippen LogP contribution is -2.48. The van der Waals surface area contributed by atoms with Gasteiger partial charge in [0, 0.05) is 19.5 Å². The molecule has 0 fully saturated rings. The molecule has 2 aromatic carbocycles. The molecule has 0 saturated carbocycles. The highest BCUT2D eigenvalue weighted by molar-refractivity contribution is 5.87. The number of nitrogens with zero attached hydrogens (tertiary/aromatic N) is 1. The van der Waals surface area contributed by atoms with Gasteiger partial charge in [0.2, 0.25) is 11.8 Å². The molecule has 0 aromatic heterocycles. The Bertz CT molecular complexity index is 910. The van der Waals surface area contributed by atoms with Crippen LogP contribution >= 0.6 is 0 Å².